The Morgan fingerprint density at radius 2 is 1.85 bits per heavy atom. The zero-order chi connectivity index (χ0) is 18.7. The van der Waals surface area contributed by atoms with Crippen molar-refractivity contribution in [3.63, 3.8) is 0 Å². The Labute approximate surface area is 157 Å². The van der Waals surface area contributed by atoms with Gasteiger partial charge in [0.05, 0.1) is 0 Å². The molecular weight excluding hydrogens is 324 g/mol. The van der Waals surface area contributed by atoms with Gasteiger partial charge in [-0.2, -0.15) is 0 Å². The minimum absolute atomic E-state index is 0.149. The van der Waals surface area contributed by atoms with Gasteiger partial charge in [-0.3, -0.25) is 0 Å². The molecule has 4 nitrogen and oxygen atoms in total. The van der Waals surface area contributed by atoms with Crippen LogP contribution in [-0.2, 0) is 4.74 Å². The van der Waals surface area contributed by atoms with E-state index in [-0.39, 0.29) is 18.2 Å². The van der Waals surface area contributed by atoms with Crippen molar-refractivity contribution < 1.29 is 9.53 Å². The van der Waals surface area contributed by atoms with Gasteiger partial charge in [-0.1, -0.05) is 42.0 Å². The van der Waals surface area contributed by atoms with Crippen molar-refractivity contribution in [1.82, 2.24) is 10.2 Å². The number of nitrogens with one attached hydrogen (secondary N) is 1. The third-order valence-corrected chi connectivity index (χ3v) is 5.20. The van der Waals surface area contributed by atoms with E-state index >= 15 is 0 Å². The lowest BCUT2D eigenvalue weighted by Gasteiger charge is -2.36. The number of hydrogen-bond acceptors (Lipinski definition) is 3. The Kier molecular flexibility index (Phi) is 5.71. The van der Waals surface area contributed by atoms with Crippen molar-refractivity contribution in [2.75, 3.05) is 13.1 Å². The van der Waals surface area contributed by atoms with Crippen LogP contribution in [0.4, 0.5) is 4.79 Å². The summed E-state index contributed by atoms with van der Waals surface area (Å²) in [7, 11) is 0. The fourth-order valence-corrected chi connectivity index (χ4v) is 3.85. The SMILES string of the molecule is C/C(=C\c1ccccc1)[C@@H]1C[C@H]1N(C(=O)OC(C)(C)C)C1CCNCC1. The van der Waals surface area contributed by atoms with E-state index in [2.05, 4.69) is 47.5 Å². The lowest BCUT2D eigenvalue weighted by molar-refractivity contribution is 0.00981. The van der Waals surface area contributed by atoms with Gasteiger partial charge in [0.15, 0.2) is 0 Å². The van der Waals surface area contributed by atoms with Gasteiger partial charge in [0.1, 0.15) is 5.60 Å². The fraction of sp³-hybridized carbons (Fsp3) is 0.591. The van der Waals surface area contributed by atoms with Crippen LogP contribution >= 0.6 is 0 Å². The minimum atomic E-state index is -0.457. The van der Waals surface area contributed by atoms with Crippen LogP contribution in [0.5, 0.6) is 0 Å². The van der Waals surface area contributed by atoms with Crippen molar-refractivity contribution >= 4 is 12.2 Å². The van der Waals surface area contributed by atoms with Crippen LogP contribution in [-0.4, -0.2) is 41.8 Å². The third kappa shape index (κ3) is 4.88. The quantitative estimate of drug-likeness (QED) is 0.865. The predicted molar refractivity (Wildman–Crippen MR) is 106 cm³/mol. The second-order valence-electron chi connectivity index (χ2n) is 8.58. The molecular formula is C22H32N2O2. The highest BCUT2D eigenvalue weighted by Gasteiger charge is 2.48. The Morgan fingerprint density at radius 1 is 1.19 bits per heavy atom. The number of carbonyl (C=O) groups is 1. The topological polar surface area (TPSA) is 41.6 Å². The number of rotatable bonds is 4. The Bertz CT molecular complexity index is 642. The summed E-state index contributed by atoms with van der Waals surface area (Å²) < 4.78 is 5.75. The smallest absolute Gasteiger partial charge is 0.410 e. The molecule has 0 unspecified atom stereocenters. The standard InChI is InChI=1S/C22H32N2O2/c1-16(14-17-8-6-5-7-9-17)19-15-20(19)24(18-10-12-23-13-11-18)21(25)26-22(2,3)4/h5-9,14,18-20,23H,10-13,15H2,1-4H3/b16-14+/t19-,20+/m0/s1. The van der Waals surface area contributed by atoms with E-state index in [1.54, 1.807) is 0 Å². The molecule has 1 saturated heterocycles. The summed E-state index contributed by atoms with van der Waals surface area (Å²) in [5, 5.41) is 3.39. The summed E-state index contributed by atoms with van der Waals surface area (Å²) in [6.07, 6.45) is 5.15. The fourth-order valence-electron chi connectivity index (χ4n) is 3.85. The second kappa shape index (κ2) is 7.83. The first-order chi connectivity index (χ1) is 12.3. The first kappa shape index (κ1) is 19.0. The monoisotopic (exact) mass is 356 g/mol. The molecule has 2 fully saturated rings. The zero-order valence-electron chi connectivity index (χ0n) is 16.5. The highest BCUT2D eigenvalue weighted by Crippen LogP contribution is 2.44. The number of nitrogens with zero attached hydrogens (tertiary/aromatic N) is 1. The molecule has 142 valence electrons. The van der Waals surface area contributed by atoms with Crippen LogP contribution in [0.2, 0.25) is 0 Å². The first-order valence-electron chi connectivity index (χ1n) is 9.80. The van der Waals surface area contributed by atoms with E-state index in [9.17, 15) is 4.79 Å². The van der Waals surface area contributed by atoms with Crippen LogP contribution in [0, 0.1) is 5.92 Å². The number of carbonyl (C=O) groups excluding carboxylic acids is 1. The molecule has 3 rings (SSSR count). The van der Waals surface area contributed by atoms with Crippen molar-refractivity contribution in [3.8, 4) is 0 Å². The molecule has 1 aliphatic heterocycles. The number of amides is 1. The summed E-state index contributed by atoms with van der Waals surface area (Å²) in [6.45, 7) is 9.96. The molecule has 1 aromatic carbocycles. The number of piperidine rings is 1. The van der Waals surface area contributed by atoms with Crippen molar-refractivity contribution in [1.29, 1.82) is 0 Å². The Balaban J connectivity index is 1.73. The van der Waals surface area contributed by atoms with Gasteiger partial charge in [-0.15, -0.1) is 0 Å². The second-order valence-corrected chi connectivity index (χ2v) is 8.58. The van der Waals surface area contributed by atoms with E-state index < -0.39 is 5.60 Å². The van der Waals surface area contributed by atoms with Gasteiger partial charge in [0.25, 0.3) is 0 Å². The van der Waals surface area contributed by atoms with Gasteiger partial charge in [-0.25, -0.2) is 4.79 Å². The average Bonchev–Trinajstić information content (AvgIpc) is 3.36. The maximum Gasteiger partial charge on any atom is 0.410 e. The molecule has 26 heavy (non-hydrogen) atoms. The molecule has 2 aliphatic rings. The van der Waals surface area contributed by atoms with Crippen LogP contribution in [0.3, 0.4) is 0 Å². The lowest BCUT2D eigenvalue weighted by atomic mass is 10.0. The van der Waals surface area contributed by atoms with E-state index in [0.717, 1.165) is 32.4 Å². The Hall–Kier alpha value is -1.81. The summed E-state index contributed by atoms with van der Waals surface area (Å²) in [5.74, 6) is 0.442. The lowest BCUT2D eigenvalue weighted by Crippen LogP contribution is -2.49. The van der Waals surface area contributed by atoms with E-state index in [0.29, 0.717) is 5.92 Å². The molecule has 1 heterocycles. The third-order valence-electron chi connectivity index (χ3n) is 5.20. The van der Waals surface area contributed by atoms with Gasteiger partial charge in [0.2, 0.25) is 0 Å². The van der Waals surface area contributed by atoms with Crippen molar-refractivity contribution in [3.05, 3.63) is 41.5 Å². The first-order valence-corrected chi connectivity index (χ1v) is 9.80. The average molecular weight is 357 g/mol. The molecule has 0 radical (unpaired) electrons. The number of benzene rings is 1. The number of ether oxygens (including phenoxy) is 1. The van der Waals surface area contributed by atoms with E-state index in [1.165, 1.54) is 11.1 Å². The summed E-state index contributed by atoms with van der Waals surface area (Å²) >= 11 is 0. The highest BCUT2D eigenvalue weighted by atomic mass is 16.6. The van der Waals surface area contributed by atoms with E-state index in [4.69, 9.17) is 4.74 Å². The molecule has 1 saturated carbocycles. The maximum absolute atomic E-state index is 12.9. The van der Waals surface area contributed by atoms with Gasteiger partial charge in [0, 0.05) is 18.0 Å². The van der Waals surface area contributed by atoms with Crippen LogP contribution in [0.1, 0.15) is 52.5 Å². The molecule has 1 amide bonds. The predicted octanol–water partition coefficient (Wildman–Crippen LogP) is 4.47. The Morgan fingerprint density at radius 3 is 2.46 bits per heavy atom. The van der Waals surface area contributed by atoms with Crippen LogP contribution < -0.4 is 5.32 Å². The molecule has 0 spiro atoms. The summed E-state index contributed by atoms with van der Waals surface area (Å²) in [5.41, 5.74) is 2.12. The van der Waals surface area contributed by atoms with E-state index in [1.807, 2.05) is 26.8 Å². The molecule has 0 aromatic heterocycles. The summed E-state index contributed by atoms with van der Waals surface area (Å²) in [6, 6.07) is 11.0. The van der Waals surface area contributed by atoms with Gasteiger partial charge in [-0.05, 0) is 65.6 Å². The molecule has 1 aromatic rings. The minimum Gasteiger partial charge on any atom is -0.444 e. The highest BCUT2D eigenvalue weighted by molar-refractivity contribution is 5.70. The normalized spacial score (nSPS) is 24.2. The van der Waals surface area contributed by atoms with Crippen LogP contribution in [0.15, 0.2) is 35.9 Å². The molecule has 2 atom stereocenters. The maximum atomic E-state index is 12.9. The zero-order valence-corrected chi connectivity index (χ0v) is 16.5. The van der Waals surface area contributed by atoms with Gasteiger partial charge >= 0.3 is 6.09 Å². The molecule has 1 N–H and O–H groups in total. The van der Waals surface area contributed by atoms with Crippen LogP contribution in [0.25, 0.3) is 6.08 Å². The number of hydrogen-bond donors (Lipinski definition) is 1. The van der Waals surface area contributed by atoms with Crippen molar-refractivity contribution in [2.24, 2.45) is 5.92 Å². The largest absolute Gasteiger partial charge is 0.444 e. The van der Waals surface area contributed by atoms with Gasteiger partial charge < -0.3 is 15.0 Å². The molecule has 1 aliphatic carbocycles. The molecule has 4 heteroatoms. The van der Waals surface area contributed by atoms with Crippen molar-refractivity contribution in [2.45, 2.75) is 64.6 Å². The molecule has 0 bridgehead atoms. The summed E-state index contributed by atoms with van der Waals surface area (Å²) in [4.78, 5) is 15.0.